The van der Waals surface area contributed by atoms with Gasteiger partial charge in [0.15, 0.2) is 0 Å². The molecule has 0 saturated carbocycles. The number of hydrogen-bond acceptors (Lipinski definition) is 3. The highest BCUT2D eigenvalue weighted by atomic mass is 16.3. The van der Waals surface area contributed by atoms with Gasteiger partial charge >= 0.3 is 0 Å². The highest BCUT2D eigenvalue weighted by Gasteiger charge is 2.03. The predicted octanol–water partition coefficient (Wildman–Crippen LogP) is 2.41. The summed E-state index contributed by atoms with van der Waals surface area (Å²) in [7, 11) is 2.01. The number of furan rings is 1. The van der Waals surface area contributed by atoms with E-state index < -0.39 is 0 Å². The third-order valence-corrected chi connectivity index (χ3v) is 2.53. The molecule has 0 aliphatic rings. The Hall–Kier alpha value is -1.74. The summed E-state index contributed by atoms with van der Waals surface area (Å²) in [6, 6.07) is 11.7. The number of benzene rings is 1. The fraction of sp³-hybridized carbons (Fsp3) is 0.231. The van der Waals surface area contributed by atoms with Crippen molar-refractivity contribution in [3.05, 3.63) is 54.0 Å². The minimum Gasteiger partial charge on any atom is -0.467 e. The molecule has 0 bridgehead atoms. The normalized spacial score (nSPS) is 10.4. The van der Waals surface area contributed by atoms with E-state index in [2.05, 4.69) is 4.90 Å². The van der Waals surface area contributed by atoms with Crippen molar-refractivity contribution in [3.8, 4) is 0 Å². The molecule has 0 spiro atoms. The van der Waals surface area contributed by atoms with Crippen LogP contribution in [0.25, 0.3) is 0 Å². The average Bonchev–Trinajstić information content (AvgIpc) is 2.82. The van der Waals surface area contributed by atoms with Crippen LogP contribution in [0, 0.1) is 0 Å². The van der Waals surface area contributed by atoms with Gasteiger partial charge in [-0.05, 0) is 29.8 Å². The smallest absolute Gasteiger partial charge is 0.123 e. The largest absolute Gasteiger partial charge is 0.467 e. The number of anilines is 1. The Morgan fingerprint density at radius 3 is 2.50 bits per heavy atom. The van der Waals surface area contributed by atoms with E-state index in [1.165, 1.54) is 0 Å². The maximum absolute atomic E-state index is 8.95. The van der Waals surface area contributed by atoms with Crippen molar-refractivity contribution in [1.82, 2.24) is 0 Å². The standard InChI is InChI=1S/C13H15NO2/c1-14(9-13-3-2-8-16-13)12-6-4-11(10-15)5-7-12/h2-8,15H,9-10H2,1H3. The molecular formula is C13H15NO2. The highest BCUT2D eigenvalue weighted by Crippen LogP contribution is 2.16. The summed E-state index contributed by atoms with van der Waals surface area (Å²) in [4.78, 5) is 2.10. The number of hydrogen-bond donors (Lipinski definition) is 1. The molecule has 0 fully saturated rings. The molecule has 0 atom stereocenters. The molecule has 0 amide bonds. The van der Waals surface area contributed by atoms with E-state index in [1.807, 2.05) is 43.4 Å². The van der Waals surface area contributed by atoms with Crippen molar-refractivity contribution >= 4 is 5.69 Å². The van der Waals surface area contributed by atoms with E-state index in [0.29, 0.717) is 0 Å². The van der Waals surface area contributed by atoms with Gasteiger partial charge in [-0.2, -0.15) is 0 Å². The van der Waals surface area contributed by atoms with Crippen molar-refractivity contribution < 1.29 is 9.52 Å². The lowest BCUT2D eigenvalue weighted by atomic mass is 10.2. The maximum Gasteiger partial charge on any atom is 0.123 e. The maximum atomic E-state index is 8.95. The lowest BCUT2D eigenvalue weighted by Crippen LogP contribution is -2.15. The van der Waals surface area contributed by atoms with Gasteiger partial charge < -0.3 is 14.4 Å². The molecule has 0 aliphatic carbocycles. The van der Waals surface area contributed by atoms with Crippen molar-refractivity contribution in [2.45, 2.75) is 13.2 Å². The van der Waals surface area contributed by atoms with Crippen LogP contribution in [0.15, 0.2) is 47.1 Å². The van der Waals surface area contributed by atoms with E-state index >= 15 is 0 Å². The Bertz CT molecular complexity index is 420. The van der Waals surface area contributed by atoms with Crippen LogP contribution >= 0.6 is 0 Å². The first-order chi connectivity index (χ1) is 7.79. The first kappa shape index (κ1) is 10.8. The van der Waals surface area contributed by atoms with Crippen LogP contribution in [0.1, 0.15) is 11.3 Å². The topological polar surface area (TPSA) is 36.6 Å². The number of aliphatic hydroxyl groups excluding tert-OH is 1. The molecule has 3 heteroatoms. The Morgan fingerprint density at radius 2 is 1.94 bits per heavy atom. The van der Waals surface area contributed by atoms with Gasteiger partial charge in [-0.3, -0.25) is 0 Å². The van der Waals surface area contributed by atoms with Crippen LogP contribution in [-0.4, -0.2) is 12.2 Å². The van der Waals surface area contributed by atoms with Gasteiger partial charge in [0.1, 0.15) is 5.76 Å². The second kappa shape index (κ2) is 4.86. The zero-order valence-corrected chi connectivity index (χ0v) is 9.26. The minimum absolute atomic E-state index is 0.0855. The minimum atomic E-state index is 0.0855. The monoisotopic (exact) mass is 217 g/mol. The first-order valence-corrected chi connectivity index (χ1v) is 5.23. The van der Waals surface area contributed by atoms with Gasteiger partial charge in [-0.25, -0.2) is 0 Å². The number of nitrogens with zero attached hydrogens (tertiary/aromatic N) is 1. The van der Waals surface area contributed by atoms with Crippen molar-refractivity contribution in [3.63, 3.8) is 0 Å². The molecule has 0 unspecified atom stereocenters. The third kappa shape index (κ3) is 2.44. The summed E-state index contributed by atoms with van der Waals surface area (Å²) < 4.78 is 5.29. The van der Waals surface area contributed by atoms with Crippen molar-refractivity contribution in [2.24, 2.45) is 0 Å². The van der Waals surface area contributed by atoms with E-state index in [1.54, 1.807) is 6.26 Å². The van der Waals surface area contributed by atoms with E-state index in [9.17, 15) is 0 Å². The predicted molar refractivity (Wildman–Crippen MR) is 63.2 cm³/mol. The average molecular weight is 217 g/mol. The second-order valence-corrected chi connectivity index (χ2v) is 3.76. The first-order valence-electron chi connectivity index (χ1n) is 5.23. The van der Waals surface area contributed by atoms with Gasteiger partial charge in [0.2, 0.25) is 0 Å². The molecule has 1 aromatic carbocycles. The molecular weight excluding hydrogens is 202 g/mol. The molecule has 1 aromatic heterocycles. The molecule has 1 N–H and O–H groups in total. The SMILES string of the molecule is CN(Cc1ccco1)c1ccc(CO)cc1. The van der Waals surface area contributed by atoms with Gasteiger partial charge in [-0.1, -0.05) is 12.1 Å². The summed E-state index contributed by atoms with van der Waals surface area (Å²) in [5, 5.41) is 8.95. The van der Waals surface area contributed by atoms with Crippen molar-refractivity contribution in [2.75, 3.05) is 11.9 Å². The molecule has 2 rings (SSSR count). The molecule has 0 aliphatic heterocycles. The van der Waals surface area contributed by atoms with Crippen molar-refractivity contribution in [1.29, 1.82) is 0 Å². The highest BCUT2D eigenvalue weighted by molar-refractivity contribution is 5.46. The Balaban J connectivity index is 2.05. The van der Waals surface area contributed by atoms with Crippen LogP contribution in [0.4, 0.5) is 5.69 Å². The summed E-state index contributed by atoms with van der Waals surface area (Å²) in [6.45, 7) is 0.827. The number of rotatable bonds is 4. The van der Waals surface area contributed by atoms with E-state index in [4.69, 9.17) is 9.52 Å². The molecule has 1 heterocycles. The van der Waals surface area contributed by atoms with Gasteiger partial charge in [-0.15, -0.1) is 0 Å². The quantitative estimate of drug-likeness (QED) is 0.854. The van der Waals surface area contributed by atoms with Crippen LogP contribution in [0.2, 0.25) is 0 Å². The molecule has 0 saturated heterocycles. The summed E-state index contributed by atoms with van der Waals surface area (Å²) in [6.07, 6.45) is 1.68. The molecule has 16 heavy (non-hydrogen) atoms. The Kier molecular flexibility index (Phi) is 3.27. The Labute approximate surface area is 94.9 Å². The zero-order valence-electron chi connectivity index (χ0n) is 9.26. The van der Waals surface area contributed by atoms with E-state index in [0.717, 1.165) is 23.6 Å². The summed E-state index contributed by atoms with van der Waals surface area (Å²) in [5.41, 5.74) is 2.03. The lowest BCUT2D eigenvalue weighted by molar-refractivity contribution is 0.282. The third-order valence-electron chi connectivity index (χ3n) is 2.53. The molecule has 0 radical (unpaired) electrons. The molecule has 84 valence electrons. The lowest BCUT2D eigenvalue weighted by Gasteiger charge is -2.18. The fourth-order valence-electron chi connectivity index (χ4n) is 1.58. The summed E-state index contributed by atoms with van der Waals surface area (Å²) in [5.74, 6) is 0.939. The van der Waals surface area contributed by atoms with Crippen LogP contribution in [-0.2, 0) is 13.2 Å². The Morgan fingerprint density at radius 1 is 1.19 bits per heavy atom. The van der Waals surface area contributed by atoms with Gasteiger partial charge in [0, 0.05) is 12.7 Å². The fourth-order valence-corrected chi connectivity index (χ4v) is 1.58. The van der Waals surface area contributed by atoms with Gasteiger partial charge in [0.05, 0.1) is 19.4 Å². The summed E-state index contributed by atoms with van der Waals surface area (Å²) >= 11 is 0. The van der Waals surface area contributed by atoms with Crippen LogP contribution in [0.5, 0.6) is 0 Å². The number of aliphatic hydroxyl groups is 1. The van der Waals surface area contributed by atoms with Gasteiger partial charge in [0.25, 0.3) is 0 Å². The zero-order chi connectivity index (χ0) is 11.4. The second-order valence-electron chi connectivity index (χ2n) is 3.76. The van der Waals surface area contributed by atoms with Crippen LogP contribution < -0.4 is 4.90 Å². The van der Waals surface area contributed by atoms with E-state index in [-0.39, 0.29) is 6.61 Å². The molecule has 2 aromatic rings. The van der Waals surface area contributed by atoms with Crippen LogP contribution in [0.3, 0.4) is 0 Å². The molecule has 3 nitrogen and oxygen atoms in total.